The molecule has 0 radical (unpaired) electrons. The lowest BCUT2D eigenvalue weighted by molar-refractivity contribution is 0.369. The third-order valence-corrected chi connectivity index (χ3v) is 4.70. The standard InChI is InChI=1S/C17H24N2O2/c1-4-9-19-14-8-7-13(10-15(14)21-17(19)20)16(18-3)11(2)12-5-6-12/h7-8,10-12,16,18H,4-6,9H2,1-3H3. The predicted molar refractivity (Wildman–Crippen MR) is 84.5 cm³/mol. The summed E-state index contributed by atoms with van der Waals surface area (Å²) in [5, 5.41) is 3.42. The Kier molecular flexibility index (Phi) is 3.89. The molecule has 1 N–H and O–H groups in total. The van der Waals surface area contributed by atoms with E-state index in [1.807, 2.05) is 19.2 Å². The molecule has 0 amide bonds. The lowest BCUT2D eigenvalue weighted by Crippen LogP contribution is -2.24. The van der Waals surface area contributed by atoms with Crippen LogP contribution in [-0.4, -0.2) is 11.6 Å². The Balaban J connectivity index is 1.98. The molecular formula is C17H24N2O2. The second kappa shape index (κ2) is 5.68. The summed E-state index contributed by atoms with van der Waals surface area (Å²) >= 11 is 0. The Labute approximate surface area is 125 Å². The Morgan fingerprint density at radius 1 is 1.43 bits per heavy atom. The zero-order valence-corrected chi connectivity index (χ0v) is 13.1. The van der Waals surface area contributed by atoms with Gasteiger partial charge in [0, 0.05) is 12.6 Å². The van der Waals surface area contributed by atoms with E-state index in [-0.39, 0.29) is 5.76 Å². The van der Waals surface area contributed by atoms with Crippen molar-refractivity contribution in [2.24, 2.45) is 11.8 Å². The number of rotatable bonds is 6. The Morgan fingerprint density at radius 3 is 2.81 bits per heavy atom. The summed E-state index contributed by atoms with van der Waals surface area (Å²) < 4.78 is 7.14. The van der Waals surface area contributed by atoms with Gasteiger partial charge in [0.1, 0.15) is 0 Å². The minimum atomic E-state index is -0.250. The fourth-order valence-corrected chi connectivity index (χ4v) is 3.34. The minimum absolute atomic E-state index is 0.250. The van der Waals surface area contributed by atoms with E-state index < -0.39 is 0 Å². The first kappa shape index (κ1) is 14.4. The van der Waals surface area contributed by atoms with Gasteiger partial charge in [-0.05, 0) is 55.8 Å². The number of fused-ring (bicyclic) bond motifs is 1. The molecule has 3 rings (SSSR count). The van der Waals surface area contributed by atoms with E-state index in [1.165, 1.54) is 18.4 Å². The smallest absolute Gasteiger partial charge is 0.408 e. The molecule has 0 bridgehead atoms. The SMILES string of the molecule is CCCn1c(=O)oc2cc(C(NC)C(C)C3CC3)ccc21. The molecule has 4 heteroatoms. The average molecular weight is 288 g/mol. The molecule has 1 aliphatic rings. The summed E-state index contributed by atoms with van der Waals surface area (Å²) in [6, 6.07) is 6.50. The number of aromatic nitrogens is 1. The van der Waals surface area contributed by atoms with Gasteiger partial charge in [0.25, 0.3) is 0 Å². The molecule has 2 unspecified atom stereocenters. The van der Waals surface area contributed by atoms with Crippen molar-refractivity contribution in [1.82, 2.24) is 9.88 Å². The zero-order chi connectivity index (χ0) is 15.0. The van der Waals surface area contributed by atoms with Crippen molar-refractivity contribution in [3.8, 4) is 0 Å². The molecular weight excluding hydrogens is 264 g/mol. The number of oxazole rings is 1. The first-order valence-electron chi connectivity index (χ1n) is 7.96. The topological polar surface area (TPSA) is 47.2 Å². The van der Waals surface area contributed by atoms with Gasteiger partial charge >= 0.3 is 5.76 Å². The fraction of sp³-hybridized carbons (Fsp3) is 0.588. The zero-order valence-electron chi connectivity index (χ0n) is 13.1. The molecule has 21 heavy (non-hydrogen) atoms. The van der Waals surface area contributed by atoms with Crippen LogP contribution in [0.3, 0.4) is 0 Å². The first-order chi connectivity index (χ1) is 10.2. The number of hydrogen-bond donors (Lipinski definition) is 1. The highest BCUT2D eigenvalue weighted by Gasteiger charge is 2.33. The van der Waals surface area contributed by atoms with Crippen LogP contribution in [0, 0.1) is 11.8 Å². The largest absolute Gasteiger partial charge is 0.419 e. The highest BCUT2D eigenvalue weighted by molar-refractivity contribution is 5.74. The summed E-state index contributed by atoms with van der Waals surface area (Å²) in [5.41, 5.74) is 2.82. The summed E-state index contributed by atoms with van der Waals surface area (Å²) in [5.74, 6) is 1.19. The van der Waals surface area contributed by atoms with E-state index >= 15 is 0 Å². The molecule has 0 saturated heterocycles. The van der Waals surface area contributed by atoms with Gasteiger partial charge in [-0.2, -0.15) is 0 Å². The van der Waals surface area contributed by atoms with Crippen LogP contribution in [0.4, 0.5) is 0 Å². The normalized spacial score (nSPS) is 18.0. The predicted octanol–water partition coefficient (Wildman–Crippen LogP) is 3.31. The van der Waals surface area contributed by atoms with Crippen molar-refractivity contribution < 1.29 is 4.42 Å². The first-order valence-corrected chi connectivity index (χ1v) is 7.96. The molecule has 1 saturated carbocycles. The lowest BCUT2D eigenvalue weighted by Gasteiger charge is -2.23. The Hall–Kier alpha value is -1.55. The molecule has 1 heterocycles. The molecule has 0 spiro atoms. The van der Waals surface area contributed by atoms with Gasteiger partial charge in [0.2, 0.25) is 0 Å². The highest BCUT2D eigenvalue weighted by atomic mass is 16.4. The van der Waals surface area contributed by atoms with Gasteiger partial charge < -0.3 is 9.73 Å². The van der Waals surface area contributed by atoms with Gasteiger partial charge in [-0.1, -0.05) is 19.9 Å². The van der Waals surface area contributed by atoms with E-state index in [0.29, 0.717) is 24.1 Å². The van der Waals surface area contributed by atoms with Crippen molar-refractivity contribution in [1.29, 1.82) is 0 Å². The van der Waals surface area contributed by atoms with Crippen molar-refractivity contribution in [2.75, 3.05) is 7.05 Å². The maximum absolute atomic E-state index is 11.9. The fourth-order valence-electron chi connectivity index (χ4n) is 3.34. The Morgan fingerprint density at radius 2 is 2.19 bits per heavy atom. The average Bonchev–Trinajstić information content (AvgIpc) is 3.26. The molecule has 1 aromatic carbocycles. The van der Waals surface area contributed by atoms with Crippen LogP contribution in [0.2, 0.25) is 0 Å². The number of nitrogens with one attached hydrogen (secondary N) is 1. The molecule has 0 aliphatic heterocycles. The van der Waals surface area contributed by atoms with Gasteiger partial charge in [-0.25, -0.2) is 4.79 Å². The second-order valence-electron chi connectivity index (χ2n) is 6.21. The van der Waals surface area contributed by atoms with E-state index in [9.17, 15) is 4.79 Å². The number of aryl methyl sites for hydroxylation is 1. The van der Waals surface area contributed by atoms with Gasteiger partial charge in [-0.15, -0.1) is 0 Å². The summed E-state index contributed by atoms with van der Waals surface area (Å²) in [6.07, 6.45) is 3.60. The third-order valence-electron chi connectivity index (χ3n) is 4.70. The summed E-state index contributed by atoms with van der Waals surface area (Å²) in [4.78, 5) is 11.9. The van der Waals surface area contributed by atoms with Gasteiger partial charge in [0.15, 0.2) is 5.58 Å². The maximum atomic E-state index is 11.9. The lowest BCUT2D eigenvalue weighted by atomic mass is 9.90. The quantitative estimate of drug-likeness (QED) is 0.887. The molecule has 4 nitrogen and oxygen atoms in total. The molecule has 114 valence electrons. The van der Waals surface area contributed by atoms with Crippen LogP contribution in [0.1, 0.15) is 44.7 Å². The molecule has 1 aliphatic carbocycles. The Bertz CT molecular complexity index is 682. The number of hydrogen-bond acceptors (Lipinski definition) is 3. The highest BCUT2D eigenvalue weighted by Crippen LogP contribution is 2.42. The van der Waals surface area contributed by atoms with Gasteiger partial charge in [0.05, 0.1) is 5.52 Å². The number of benzene rings is 1. The van der Waals surface area contributed by atoms with Crippen LogP contribution >= 0.6 is 0 Å². The third kappa shape index (κ3) is 2.64. The molecule has 2 aromatic rings. The maximum Gasteiger partial charge on any atom is 0.419 e. The van der Waals surface area contributed by atoms with Crippen LogP contribution in [0.25, 0.3) is 11.1 Å². The van der Waals surface area contributed by atoms with E-state index in [0.717, 1.165) is 17.9 Å². The van der Waals surface area contributed by atoms with Gasteiger partial charge in [-0.3, -0.25) is 4.57 Å². The monoisotopic (exact) mass is 288 g/mol. The second-order valence-corrected chi connectivity index (χ2v) is 6.21. The van der Waals surface area contributed by atoms with Crippen molar-refractivity contribution in [3.05, 3.63) is 34.3 Å². The van der Waals surface area contributed by atoms with Crippen LogP contribution in [0.5, 0.6) is 0 Å². The molecule has 1 aromatic heterocycles. The number of nitrogens with zero attached hydrogens (tertiary/aromatic N) is 1. The van der Waals surface area contributed by atoms with Crippen molar-refractivity contribution in [3.63, 3.8) is 0 Å². The van der Waals surface area contributed by atoms with E-state index in [2.05, 4.69) is 25.2 Å². The molecule has 1 fully saturated rings. The van der Waals surface area contributed by atoms with E-state index in [1.54, 1.807) is 4.57 Å². The summed E-state index contributed by atoms with van der Waals surface area (Å²) in [6.45, 7) is 5.08. The molecule has 2 atom stereocenters. The summed E-state index contributed by atoms with van der Waals surface area (Å²) in [7, 11) is 2.01. The van der Waals surface area contributed by atoms with Crippen molar-refractivity contribution in [2.45, 2.75) is 45.7 Å². The van der Waals surface area contributed by atoms with E-state index in [4.69, 9.17) is 4.42 Å². The van der Waals surface area contributed by atoms with Crippen LogP contribution in [0.15, 0.2) is 27.4 Å². The van der Waals surface area contributed by atoms with Crippen LogP contribution < -0.4 is 11.1 Å². The minimum Gasteiger partial charge on any atom is -0.408 e. The van der Waals surface area contributed by atoms with Crippen LogP contribution in [-0.2, 0) is 6.54 Å². The van der Waals surface area contributed by atoms with Crippen molar-refractivity contribution >= 4 is 11.1 Å².